The Morgan fingerprint density at radius 2 is 1.92 bits per heavy atom. The van der Waals surface area contributed by atoms with E-state index in [4.69, 9.17) is 9.97 Å². The molecule has 6 aromatic rings. The van der Waals surface area contributed by atoms with Gasteiger partial charge in [0.2, 0.25) is 5.91 Å². The van der Waals surface area contributed by atoms with Gasteiger partial charge >= 0.3 is 0 Å². The molecule has 0 fully saturated rings. The number of carbonyl (C=O) groups is 1. The minimum absolute atomic E-state index is 0.110. The Kier molecular flexibility index (Phi) is 5.47. The Morgan fingerprint density at radius 1 is 1.03 bits per heavy atom. The molecule has 0 bridgehead atoms. The van der Waals surface area contributed by atoms with Gasteiger partial charge in [-0.25, -0.2) is 9.97 Å². The predicted molar refractivity (Wildman–Crippen MR) is 140 cm³/mol. The van der Waals surface area contributed by atoms with Gasteiger partial charge in [-0.15, -0.1) is 11.3 Å². The lowest BCUT2D eigenvalue weighted by Crippen LogP contribution is -2.27. The number of nitrogens with one attached hydrogen (secondary N) is 3. The van der Waals surface area contributed by atoms with Crippen LogP contribution in [0.3, 0.4) is 0 Å². The van der Waals surface area contributed by atoms with Crippen molar-refractivity contribution in [3.8, 4) is 33.2 Å². The molecule has 0 atom stereocenters. The fraction of sp³-hybridized carbons (Fsp3) is 0.120. The molecule has 0 aliphatic carbocycles. The number of anilines is 1. The lowest BCUT2D eigenvalue weighted by Gasteiger charge is -2.10. The van der Waals surface area contributed by atoms with Crippen LogP contribution in [0.5, 0.6) is 0 Å². The average Bonchev–Trinajstić information content (AvgIpc) is 3.62. The van der Waals surface area contributed by atoms with Crippen molar-refractivity contribution in [1.29, 1.82) is 0 Å². The summed E-state index contributed by atoms with van der Waals surface area (Å²) in [6.45, 7) is 0.286. The van der Waals surface area contributed by atoms with Gasteiger partial charge in [-0.3, -0.25) is 19.9 Å². The number of rotatable bonds is 6. The van der Waals surface area contributed by atoms with E-state index in [1.54, 1.807) is 34.8 Å². The zero-order valence-electron chi connectivity index (χ0n) is 19.5. The molecule has 0 unspecified atom stereocenters. The van der Waals surface area contributed by atoms with Crippen LogP contribution >= 0.6 is 11.3 Å². The number of carbonyl (C=O) groups excluding carboxylic acids is 1. The number of fused-ring (bicyclic) bond motifs is 2. The highest BCUT2D eigenvalue weighted by Gasteiger charge is 2.17. The highest BCUT2D eigenvalue weighted by atomic mass is 32.1. The number of aromatic amines is 2. The molecule has 0 saturated carbocycles. The van der Waals surface area contributed by atoms with Crippen molar-refractivity contribution in [2.24, 2.45) is 0 Å². The van der Waals surface area contributed by atoms with Crippen molar-refractivity contribution in [2.45, 2.75) is 0 Å². The zero-order chi connectivity index (χ0) is 24.6. The van der Waals surface area contributed by atoms with Gasteiger partial charge in [-0.1, -0.05) is 6.07 Å². The number of pyridine rings is 3. The van der Waals surface area contributed by atoms with E-state index in [0.29, 0.717) is 28.4 Å². The molecule has 0 spiro atoms. The van der Waals surface area contributed by atoms with Crippen LogP contribution in [0.25, 0.3) is 55.3 Å². The van der Waals surface area contributed by atoms with Gasteiger partial charge in [0.15, 0.2) is 11.5 Å². The molecule has 0 aliphatic rings. The Hall–Kier alpha value is -4.48. The molecule has 0 aliphatic heterocycles. The van der Waals surface area contributed by atoms with Gasteiger partial charge in [0.25, 0.3) is 0 Å². The number of nitrogens with zero attached hydrogens (tertiary/aromatic N) is 6. The lowest BCUT2D eigenvalue weighted by atomic mass is 10.1. The van der Waals surface area contributed by atoms with Gasteiger partial charge in [-0.05, 0) is 43.7 Å². The number of aromatic nitrogens is 7. The van der Waals surface area contributed by atoms with Gasteiger partial charge in [0.1, 0.15) is 11.0 Å². The SMILES string of the molecule is CN(C)CC(=O)Nc1cncc(-c2ccc3[nH]nc(-c4nc5c(-c6cccs6)cncc5[nH]4)c3n2)c1. The van der Waals surface area contributed by atoms with Crippen LogP contribution in [-0.4, -0.2) is 66.6 Å². The average molecular weight is 496 g/mol. The second kappa shape index (κ2) is 8.95. The maximum atomic E-state index is 12.2. The summed E-state index contributed by atoms with van der Waals surface area (Å²) < 4.78 is 0. The monoisotopic (exact) mass is 495 g/mol. The second-order valence-corrected chi connectivity index (χ2v) is 9.51. The molecule has 3 N–H and O–H groups in total. The van der Waals surface area contributed by atoms with Crippen molar-refractivity contribution >= 4 is 45.0 Å². The summed E-state index contributed by atoms with van der Waals surface area (Å²) in [7, 11) is 3.69. The highest BCUT2D eigenvalue weighted by molar-refractivity contribution is 7.13. The van der Waals surface area contributed by atoms with Crippen LogP contribution < -0.4 is 5.32 Å². The molecular weight excluding hydrogens is 474 g/mol. The molecule has 0 radical (unpaired) electrons. The fourth-order valence-electron chi connectivity index (χ4n) is 4.02. The standard InChI is InChI=1S/C25H21N9OS/c1-34(2)13-21(35)28-15-8-14(9-26-10-15)17-5-6-18-23(29-17)24(33-32-18)25-30-19-12-27-11-16(22(19)31-25)20-4-3-7-36-20/h3-12H,13H2,1-2H3,(H,28,35)(H,30,31)(H,32,33). The summed E-state index contributed by atoms with van der Waals surface area (Å²) in [5, 5.41) is 12.4. The van der Waals surface area contributed by atoms with E-state index < -0.39 is 0 Å². The normalized spacial score (nSPS) is 11.5. The Morgan fingerprint density at radius 3 is 2.75 bits per heavy atom. The van der Waals surface area contributed by atoms with Crippen LogP contribution in [0, 0.1) is 0 Å². The first kappa shape index (κ1) is 22.0. The molecule has 6 aromatic heterocycles. The number of thiophene rings is 1. The van der Waals surface area contributed by atoms with E-state index in [0.717, 1.165) is 32.6 Å². The molecule has 1 amide bonds. The van der Waals surface area contributed by atoms with Crippen molar-refractivity contribution < 1.29 is 4.79 Å². The van der Waals surface area contributed by atoms with Crippen molar-refractivity contribution in [3.63, 3.8) is 0 Å². The first-order valence-corrected chi connectivity index (χ1v) is 12.1. The minimum atomic E-state index is -0.110. The number of amides is 1. The third kappa shape index (κ3) is 4.10. The smallest absolute Gasteiger partial charge is 0.238 e. The molecule has 10 nitrogen and oxygen atoms in total. The van der Waals surface area contributed by atoms with Gasteiger partial charge in [-0.2, -0.15) is 5.10 Å². The maximum Gasteiger partial charge on any atom is 0.238 e. The summed E-state index contributed by atoms with van der Waals surface area (Å²) in [5.74, 6) is 0.496. The quantitative estimate of drug-likeness (QED) is 0.316. The minimum Gasteiger partial charge on any atom is -0.335 e. The Labute approximate surface area is 209 Å². The second-order valence-electron chi connectivity index (χ2n) is 8.56. The third-order valence-corrected chi connectivity index (χ3v) is 6.49. The number of hydrogen-bond acceptors (Lipinski definition) is 8. The highest BCUT2D eigenvalue weighted by Crippen LogP contribution is 2.33. The van der Waals surface area contributed by atoms with Crippen LogP contribution in [0.4, 0.5) is 5.69 Å². The summed E-state index contributed by atoms with van der Waals surface area (Å²) in [4.78, 5) is 36.8. The van der Waals surface area contributed by atoms with Crippen LogP contribution in [0.15, 0.2) is 60.5 Å². The Balaban J connectivity index is 1.38. The molecule has 178 valence electrons. The van der Waals surface area contributed by atoms with E-state index >= 15 is 0 Å². The molecule has 0 saturated heterocycles. The molecule has 6 rings (SSSR count). The number of hydrogen-bond donors (Lipinski definition) is 3. The summed E-state index contributed by atoms with van der Waals surface area (Å²) in [5.41, 5.74) is 6.81. The largest absolute Gasteiger partial charge is 0.335 e. The molecular formula is C25H21N9OS. The predicted octanol–water partition coefficient (Wildman–Crippen LogP) is 4.19. The van der Waals surface area contributed by atoms with E-state index in [1.165, 1.54) is 0 Å². The topological polar surface area (TPSA) is 128 Å². The molecule has 6 heterocycles. The van der Waals surface area contributed by atoms with E-state index in [9.17, 15) is 4.79 Å². The fourth-order valence-corrected chi connectivity index (χ4v) is 4.76. The summed E-state index contributed by atoms with van der Waals surface area (Å²) in [6, 6.07) is 9.74. The number of imidazole rings is 1. The van der Waals surface area contributed by atoms with Gasteiger partial charge in [0, 0.05) is 28.4 Å². The van der Waals surface area contributed by atoms with E-state index in [-0.39, 0.29) is 12.5 Å². The molecule has 0 aromatic carbocycles. The van der Waals surface area contributed by atoms with Gasteiger partial charge < -0.3 is 15.2 Å². The zero-order valence-corrected chi connectivity index (χ0v) is 20.3. The van der Waals surface area contributed by atoms with Gasteiger partial charge in [0.05, 0.1) is 41.4 Å². The van der Waals surface area contributed by atoms with Crippen molar-refractivity contribution in [1.82, 2.24) is 40.0 Å². The van der Waals surface area contributed by atoms with Crippen molar-refractivity contribution in [2.75, 3.05) is 26.0 Å². The van der Waals surface area contributed by atoms with E-state index in [1.807, 2.05) is 49.9 Å². The number of H-pyrrole nitrogens is 2. The third-order valence-electron chi connectivity index (χ3n) is 5.59. The summed E-state index contributed by atoms with van der Waals surface area (Å²) >= 11 is 1.64. The maximum absolute atomic E-state index is 12.2. The van der Waals surface area contributed by atoms with Crippen LogP contribution in [-0.2, 0) is 4.79 Å². The summed E-state index contributed by atoms with van der Waals surface area (Å²) in [6.07, 6.45) is 6.93. The molecule has 36 heavy (non-hydrogen) atoms. The Bertz CT molecular complexity index is 1700. The lowest BCUT2D eigenvalue weighted by molar-refractivity contribution is -0.116. The first-order chi connectivity index (χ1) is 17.5. The van der Waals surface area contributed by atoms with Crippen LogP contribution in [0.2, 0.25) is 0 Å². The first-order valence-electron chi connectivity index (χ1n) is 11.2. The van der Waals surface area contributed by atoms with E-state index in [2.05, 4.69) is 36.5 Å². The molecule has 11 heteroatoms. The van der Waals surface area contributed by atoms with Crippen LogP contribution in [0.1, 0.15) is 0 Å². The number of likely N-dealkylation sites (N-methyl/N-ethyl adjacent to an activating group) is 1. The van der Waals surface area contributed by atoms with Crippen molar-refractivity contribution in [3.05, 3.63) is 60.5 Å².